The first-order chi connectivity index (χ1) is 14.5. The van der Waals surface area contributed by atoms with Crippen molar-refractivity contribution in [1.29, 1.82) is 0 Å². The minimum atomic E-state index is 0.0232. The van der Waals surface area contributed by atoms with Gasteiger partial charge in [-0.25, -0.2) is 0 Å². The van der Waals surface area contributed by atoms with Crippen LogP contribution in [0.3, 0.4) is 0 Å². The highest BCUT2D eigenvalue weighted by atomic mass is 32.1. The number of methoxy groups -OCH3 is 1. The van der Waals surface area contributed by atoms with Gasteiger partial charge in [0.2, 0.25) is 0 Å². The first kappa shape index (κ1) is 20.4. The minimum Gasteiger partial charge on any atom is -0.497 e. The fourth-order valence-electron chi connectivity index (χ4n) is 4.44. The number of aromatic nitrogens is 2. The van der Waals surface area contributed by atoms with Crippen molar-refractivity contribution in [3.05, 3.63) is 77.4 Å². The number of thiocarbonyl (C=S) groups is 1. The van der Waals surface area contributed by atoms with E-state index >= 15 is 0 Å². The number of rotatable bonds is 6. The molecule has 0 amide bonds. The molecule has 2 atom stereocenters. The summed E-state index contributed by atoms with van der Waals surface area (Å²) in [6.45, 7) is 7.44. The van der Waals surface area contributed by atoms with Crippen LogP contribution in [0.5, 0.6) is 5.75 Å². The Morgan fingerprint density at radius 2 is 1.90 bits per heavy atom. The molecule has 0 aliphatic carbocycles. The predicted molar refractivity (Wildman–Crippen MR) is 124 cm³/mol. The maximum Gasteiger partial charge on any atom is 0.170 e. The molecule has 1 fully saturated rings. The molecule has 0 radical (unpaired) electrons. The Kier molecular flexibility index (Phi) is 5.77. The number of nitrogens with one attached hydrogen (secondary N) is 1. The summed E-state index contributed by atoms with van der Waals surface area (Å²) in [6.07, 6.45) is 2.88. The lowest BCUT2D eigenvalue weighted by molar-refractivity contribution is 0.316. The molecule has 1 saturated heterocycles. The third kappa shape index (κ3) is 3.56. The summed E-state index contributed by atoms with van der Waals surface area (Å²) in [7, 11) is 1.69. The van der Waals surface area contributed by atoms with Crippen LogP contribution in [0.2, 0.25) is 0 Å². The van der Waals surface area contributed by atoms with Crippen molar-refractivity contribution < 1.29 is 4.74 Å². The highest BCUT2D eigenvalue weighted by Gasteiger charge is 2.40. The van der Waals surface area contributed by atoms with E-state index in [2.05, 4.69) is 64.8 Å². The molecular formula is C24H28N4OS. The van der Waals surface area contributed by atoms with Crippen LogP contribution in [0.4, 0.5) is 0 Å². The molecule has 4 rings (SSSR count). The van der Waals surface area contributed by atoms with Crippen molar-refractivity contribution in [2.75, 3.05) is 13.7 Å². The van der Waals surface area contributed by atoms with Crippen LogP contribution in [0.25, 0.3) is 5.69 Å². The number of benzene rings is 1. The van der Waals surface area contributed by atoms with E-state index in [0.717, 1.165) is 35.2 Å². The number of ether oxygens (including phenoxy) is 1. The molecule has 0 saturated carbocycles. The fraction of sp³-hybridized carbons (Fsp3) is 0.333. The van der Waals surface area contributed by atoms with Crippen LogP contribution in [0.15, 0.2) is 54.7 Å². The van der Waals surface area contributed by atoms with E-state index in [1.807, 2.05) is 30.5 Å². The van der Waals surface area contributed by atoms with Gasteiger partial charge in [0, 0.05) is 29.8 Å². The van der Waals surface area contributed by atoms with Gasteiger partial charge in [0.25, 0.3) is 0 Å². The summed E-state index contributed by atoms with van der Waals surface area (Å²) in [4.78, 5) is 6.95. The zero-order chi connectivity index (χ0) is 21.3. The van der Waals surface area contributed by atoms with Crippen molar-refractivity contribution in [3.63, 3.8) is 0 Å². The molecule has 0 bridgehead atoms. The van der Waals surface area contributed by atoms with Crippen LogP contribution in [-0.4, -0.2) is 33.2 Å². The number of pyridine rings is 1. The molecule has 2 aromatic heterocycles. The molecule has 6 heteroatoms. The normalized spacial score (nSPS) is 18.5. The van der Waals surface area contributed by atoms with E-state index in [1.165, 1.54) is 17.0 Å². The van der Waals surface area contributed by atoms with Crippen LogP contribution >= 0.6 is 12.2 Å². The summed E-state index contributed by atoms with van der Waals surface area (Å²) < 4.78 is 7.62. The Morgan fingerprint density at radius 3 is 2.53 bits per heavy atom. The van der Waals surface area contributed by atoms with Crippen molar-refractivity contribution in [3.8, 4) is 11.4 Å². The smallest absolute Gasteiger partial charge is 0.170 e. The van der Waals surface area contributed by atoms with Gasteiger partial charge in [0.15, 0.2) is 5.11 Å². The maximum absolute atomic E-state index is 5.73. The summed E-state index contributed by atoms with van der Waals surface area (Å²) in [5.74, 6) is 0.858. The lowest BCUT2D eigenvalue weighted by atomic mass is 9.96. The molecular weight excluding hydrogens is 392 g/mol. The molecule has 5 nitrogen and oxygen atoms in total. The zero-order valence-corrected chi connectivity index (χ0v) is 18.7. The topological polar surface area (TPSA) is 42.3 Å². The molecule has 0 spiro atoms. The summed E-state index contributed by atoms with van der Waals surface area (Å²) in [5, 5.41) is 4.33. The lowest BCUT2D eigenvalue weighted by Gasteiger charge is -2.27. The first-order valence-corrected chi connectivity index (χ1v) is 10.8. The van der Waals surface area contributed by atoms with E-state index in [1.54, 1.807) is 7.11 Å². The molecule has 156 valence electrons. The molecule has 1 aliphatic rings. The van der Waals surface area contributed by atoms with Gasteiger partial charge in [-0.1, -0.05) is 13.0 Å². The highest BCUT2D eigenvalue weighted by Crippen LogP contribution is 2.41. The summed E-state index contributed by atoms with van der Waals surface area (Å²) >= 11 is 5.73. The monoisotopic (exact) mass is 420 g/mol. The molecule has 30 heavy (non-hydrogen) atoms. The molecule has 3 aromatic rings. The largest absolute Gasteiger partial charge is 0.497 e. The molecule has 3 heterocycles. The third-order valence-electron chi connectivity index (χ3n) is 5.78. The van der Waals surface area contributed by atoms with Crippen LogP contribution in [0.1, 0.15) is 48.1 Å². The maximum atomic E-state index is 5.73. The number of aryl methyl sites for hydroxylation is 1. The van der Waals surface area contributed by atoms with Gasteiger partial charge < -0.3 is 19.5 Å². The van der Waals surface area contributed by atoms with Gasteiger partial charge >= 0.3 is 0 Å². The number of hydrogen-bond acceptors (Lipinski definition) is 3. The second kappa shape index (κ2) is 8.48. The van der Waals surface area contributed by atoms with Crippen molar-refractivity contribution >= 4 is 17.3 Å². The Labute approximate surface area is 183 Å². The average Bonchev–Trinajstić information content (AvgIpc) is 3.24. The highest BCUT2D eigenvalue weighted by molar-refractivity contribution is 7.80. The van der Waals surface area contributed by atoms with Gasteiger partial charge in [-0.15, -0.1) is 0 Å². The Bertz CT molecular complexity index is 1030. The molecule has 1 aromatic carbocycles. The number of nitrogens with zero attached hydrogens (tertiary/aromatic N) is 3. The van der Waals surface area contributed by atoms with Crippen molar-refractivity contribution in [2.24, 2.45) is 0 Å². The van der Waals surface area contributed by atoms with Gasteiger partial charge in [-0.3, -0.25) is 4.98 Å². The summed E-state index contributed by atoms with van der Waals surface area (Å²) in [5.41, 5.74) is 5.83. The van der Waals surface area contributed by atoms with Gasteiger partial charge in [0.05, 0.1) is 24.9 Å². The second-order valence-electron chi connectivity index (χ2n) is 7.68. The Hall–Kier alpha value is -2.86. The Balaban J connectivity index is 1.80. The van der Waals surface area contributed by atoms with E-state index in [4.69, 9.17) is 17.0 Å². The standard InChI is InChI=1S/C24H28N4OS/c1-5-14-27-23(22(26-24(27)30)21-8-6-7-13-25-21)20-15-16(2)28(17(20)3)18-9-11-19(29-4)12-10-18/h6-13,15,22-23H,5,14H2,1-4H3,(H,26,30)/t22-,23+/m1/s1. The number of hydrogen-bond donors (Lipinski definition) is 1. The van der Waals surface area contributed by atoms with Crippen LogP contribution in [-0.2, 0) is 0 Å². The molecule has 1 N–H and O–H groups in total. The molecule has 0 unspecified atom stereocenters. The van der Waals surface area contributed by atoms with Gasteiger partial charge in [0.1, 0.15) is 5.75 Å². The predicted octanol–water partition coefficient (Wildman–Crippen LogP) is 4.88. The first-order valence-electron chi connectivity index (χ1n) is 10.4. The SMILES string of the molecule is CCCN1C(=S)N[C@H](c2ccccn2)[C@@H]1c1cc(C)n(-c2ccc(OC)cc2)c1C. The van der Waals surface area contributed by atoms with E-state index < -0.39 is 0 Å². The third-order valence-corrected chi connectivity index (χ3v) is 6.13. The van der Waals surface area contributed by atoms with Gasteiger partial charge in [-0.2, -0.15) is 0 Å². The van der Waals surface area contributed by atoms with E-state index in [0.29, 0.717) is 0 Å². The van der Waals surface area contributed by atoms with Crippen LogP contribution < -0.4 is 10.1 Å². The van der Waals surface area contributed by atoms with E-state index in [9.17, 15) is 0 Å². The average molecular weight is 421 g/mol. The summed E-state index contributed by atoms with van der Waals surface area (Å²) in [6, 6.07) is 16.7. The molecule has 1 aliphatic heterocycles. The Morgan fingerprint density at radius 1 is 1.13 bits per heavy atom. The van der Waals surface area contributed by atoms with Crippen molar-refractivity contribution in [2.45, 2.75) is 39.3 Å². The minimum absolute atomic E-state index is 0.0232. The van der Waals surface area contributed by atoms with E-state index in [-0.39, 0.29) is 12.1 Å². The van der Waals surface area contributed by atoms with Crippen molar-refractivity contribution in [1.82, 2.24) is 19.8 Å². The van der Waals surface area contributed by atoms with Gasteiger partial charge in [-0.05, 0) is 80.5 Å². The quantitative estimate of drug-likeness (QED) is 0.576. The lowest BCUT2D eigenvalue weighted by Crippen LogP contribution is -2.30. The second-order valence-corrected chi connectivity index (χ2v) is 8.07. The fourth-order valence-corrected chi connectivity index (χ4v) is 4.77. The zero-order valence-electron chi connectivity index (χ0n) is 17.9. The van der Waals surface area contributed by atoms with Crippen LogP contribution in [0, 0.1) is 13.8 Å².